The summed E-state index contributed by atoms with van der Waals surface area (Å²) in [7, 11) is 0. The van der Waals surface area contributed by atoms with Crippen molar-refractivity contribution in [1.82, 2.24) is 4.98 Å². The molecule has 0 radical (unpaired) electrons. The lowest BCUT2D eigenvalue weighted by Gasteiger charge is -2.13. The molecule has 1 aromatic heterocycles. The van der Waals surface area contributed by atoms with Gasteiger partial charge in [0.15, 0.2) is 5.75 Å². The van der Waals surface area contributed by atoms with Gasteiger partial charge in [-0.25, -0.2) is 0 Å². The van der Waals surface area contributed by atoms with Gasteiger partial charge in [0.2, 0.25) is 0 Å². The van der Waals surface area contributed by atoms with Crippen LogP contribution in [-0.4, -0.2) is 11.1 Å². The molecule has 0 atom stereocenters. The van der Waals surface area contributed by atoms with Gasteiger partial charge in [-0.05, 0) is 24.8 Å². The Labute approximate surface area is 89.3 Å². The molecule has 0 aromatic carbocycles. The minimum atomic E-state index is 0.349. The number of nitrogens with zero attached hydrogens (tertiary/aromatic N) is 1. The van der Waals surface area contributed by atoms with Crippen LogP contribution in [0.4, 0.5) is 0 Å². The average molecular weight is 212 g/mol. The highest BCUT2D eigenvalue weighted by Crippen LogP contribution is 2.36. The largest absolute Gasteiger partial charge is 0.487 e. The Morgan fingerprint density at radius 3 is 2.79 bits per heavy atom. The molecule has 1 aliphatic carbocycles. The van der Waals surface area contributed by atoms with E-state index in [1.807, 2.05) is 0 Å². The van der Waals surface area contributed by atoms with E-state index in [4.69, 9.17) is 16.3 Å². The van der Waals surface area contributed by atoms with Crippen molar-refractivity contribution < 1.29 is 4.74 Å². The molecule has 2 rings (SSSR count). The molecule has 0 N–H and O–H groups in total. The summed E-state index contributed by atoms with van der Waals surface area (Å²) >= 11 is 6.08. The fourth-order valence-corrected chi connectivity index (χ4v) is 1.52. The van der Waals surface area contributed by atoms with Crippen LogP contribution in [0.1, 0.15) is 38.3 Å². The van der Waals surface area contributed by atoms with Gasteiger partial charge in [-0.15, -0.1) is 0 Å². The Morgan fingerprint density at radius 1 is 1.50 bits per heavy atom. The first-order valence-electron chi connectivity index (χ1n) is 4.99. The summed E-state index contributed by atoms with van der Waals surface area (Å²) in [6.07, 6.45) is 4.39. The van der Waals surface area contributed by atoms with Crippen LogP contribution in [0.25, 0.3) is 0 Å². The Kier molecular flexibility index (Phi) is 2.64. The summed E-state index contributed by atoms with van der Waals surface area (Å²) in [5.41, 5.74) is 0.962. The van der Waals surface area contributed by atoms with E-state index in [2.05, 4.69) is 18.8 Å². The van der Waals surface area contributed by atoms with E-state index in [9.17, 15) is 0 Å². The third kappa shape index (κ3) is 2.01. The van der Waals surface area contributed by atoms with Gasteiger partial charge in [0.05, 0.1) is 16.8 Å². The zero-order valence-corrected chi connectivity index (χ0v) is 9.21. The minimum absolute atomic E-state index is 0.349. The minimum Gasteiger partial charge on any atom is -0.487 e. The number of aromatic nitrogens is 1. The number of halogens is 1. The van der Waals surface area contributed by atoms with Gasteiger partial charge in [-0.1, -0.05) is 25.4 Å². The Hall–Kier alpha value is -0.760. The van der Waals surface area contributed by atoms with Gasteiger partial charge in [0, 0.05) is 6.20 Å². The van der Waals surface area contributed by atoms with Gasteiger partial charge in [0.1, 0.15) is 0 Å². The van der Waals surface area contributed by atoms with Crippen molar-refractivity contribution in [2.24, 2.45) is 0 Å². The molecule has 2 nitrogen and oxygen atoms in total. The van der Waals surface area contributed by atoms with E-state index in [1.165, 1.54) is 0 Å². The molecule has 0 unspecified atom stereocenters. The molecule has 1 aromatic rings. The number of ether oxygens (including phenoxy) is 1. The van der Waals surface area contributed by atoms with Crippen LogP contribution in [0.3, 0.4) is 0 Å². The highest BCUT2D eigenvalue weighted by atomic mass is 35.5. The summed E-state index contributed by atoms with van der Waals surface area (Å²) in [6.45, 7) is 4.19. The van der Waals surface area contributed by atoms with E-state index in [-0.39, 0.29) is 0 Å². The first-order chi connectivity index (χ1) is 6.68. The molecule has 0 amide bonds. The molecule has 3 heteroatoms. The van der Waals surface area contributed by atoms with E-state index < -0.39 is 0 Å². The molecule has 1 saturated carbocycles. The summed E-state index contributed by atoms with van der Waals surface area (Å²) in [5, 5.41) is 0.676. The zero-order valence-electron chi connectivity index (χ0n) is 8.46. The second-order valence-corrected chi connectivity index (χ2v) is 4.39. The van der Waals surface area contributed by atoms with Crippen LogP contribution in [0.5, 0.6) is 5.75 Å². The molecule has 0 spiro atoms. The lowest BCUT2D eigenvalue weighted by molar-refractivity contribution is 0.297. The maximum Gasteiger partial charge on any atom is 0.160 e. The van der Waals surface area contributed by atoms with Crippen LogP contribution < -0.4 is 4.74 Å². The van der Waals surface area contributed by atoms with Crippen molar-refractivity contribution in [2.45, 2.75) is 38.7 Å². The van der Waals surface area contributed by atoms with Crippen molar-refractivity contribution in [3.8, 4) is 5.75 Å². The van der Waals surface area contributed by atoms with E-state index in [1.54, 1.807) is 12.3 Å². The lowest BCUT2D eigenvalue weighted by Crippen LogP contribution is -2.03. The standard InChI is InChI=1S/C11H14ClNO/c1-7(2)10-11(14-8-3-4-8)9(12)5-6-13-10/h5-8H,3-4H2,1-2H3. The molecule has 1 aliphatic rings. The first-order valence-corrected chi connectivity index (χ1v) is 5.37. The monoisotopic (exact) mass is 211 g/mol. The smallest absolute Gasteiger partial charge is 0.160 e. The highest BCUT2D eigenvalue weighted by Gasteiger charge is 2.26. The topological polar surface area (TPSA) is 22.1 Å². The first kappa shape index (κ1) is 9.78. The zero-order chi connectivity index (χ0) is 10.1. The van der Waals surface area contributed by atoms with Gasteiger partial charge < -0.3 is 4.74 Å². The van der Waals surface area contributed by atoms with Gasteiger partial charge in [-0.2, -0.15) is 0 Å². The normalized spacial score (nSPS) is 16.0. The number of rotatable bonds is 3. The van der Waals surface area contributed by atoms with Crippen LogP contribution in [0.15, 0.2) is 12.3 Å². The average Bonchev–Trinajstić information content (AvgIpc) is 2.91. The second kappa shape index (κ2) is 3.77. The molecule has 1 fully saturated rings. The van der Waals surface area contributed by atoms with E-state index >= 15 is 0 Å². The molecule has 0 saturated heterocycles. The fourth-order valence-electron chi connectivity index (χ4n) is 1.32. The number of hydrogen-bond acceptors (Lipinski definition) is 2. The van der Waals surface area contributed by atoms with Crippen LogP contribution in [-0.2, 0) is 0 Å². The van der Waals surface area contributed by atoms with Crippen LogP contribution >= 0.6 is 11.6 Å². The molecule has 0 aliphatic heterocycles. The number of hydrogen-bond donors (Lipinski definition) is 0. The van der Waals surface area contributed by atoms with Crippen molar-refractivity contribution in [3.05, 3.63) is 23.0 Å². The summed E-state index contributed by atoms with van der Waals surface area (Å²) in [4.78, 5) is 4.31. The summed E-state index contributed by atoms with van der Waals surface area (Å²) in [6, 6.07) is 1.78. The van der Waals surface area contributed by atoms with Crippen LogP contribution in [0, 0.1) is 0 Å². The Bertz CT molecular complexity index is 334. The maximum absolute atomic E-state index is 6.08. The predicted molar refractivity (Wildman–Crippen MR) is 57.0 cm³/mol. The Balaban J connectivity index is 2.31. The molecule has 0 bridgehead atoms. The van der Waals surface area contributed by atoms with Crippen LogP contribution in [0.2, 0.25) is 5.02 Å². The lowest BCUT2D eigenvalue weighted by atomic mass is 10.1. The summed E-state index contributed by atoms with van der Waals surface area (Å²) < 4.78 is 5.75. The van der Waals surface area contributed by atoms with Crippen molar-refractivity contribution in [2.75, 3.05) is 0 Å². The van der Waals surface area contributed by atoms with Crippen molar-refractivity contribution >= 4 is 11.6 Å². The molecular weight excluding hydrogens is 198 g/mol. The third-order valence-corrected chi connectivity index (χ3v) is 2.54. The van der Waals surface area contributed by atoms with Crippen molar-refractivity contribution in [1.29, 1.82) is 0 Å². The third-order valence-electron chi connectivity index (χ3n) is 2.24. The molecule has 1 heterocycles. The predicted octanol–water partition coefficient (Wildman–Crippen LogP) is 3.40. The van der Waals surface area contributed by atoms with Gasteiger partial charge in [-0.3, -0.25) is 4.98 Å². The Morgan fingerprint density at radius 2 is 2.21 bits per heavy atom. The molecule has 14 heavy (non-hydrogen) atoms. The van der Waals surface area contributed by atoms with E-state index in [0.29, 0.717) is 17.0 Å². The fraction of sp³-hybridized carbons (Fsp3) is 0.545. The molecule has 76 valence electrons. The van der Waals surface area contributed by atoms with Crippen molar-refractivity contribution in [3.63, 3.8) is 0 Å². The highest BCUT2D eigenvalue weighted by molar-refractivity contribution is 6.32. The maximum atomic E-state index is 6.08. The quantitative estimate of drug-likeness (QED) is 0.765. The second-order valence-electron chi connectivity index (χ2n) is 3.98. The number of pyridine rings is 1. The van der Waals surface area contributed by atoms with Gasteiger partial charge >= 0.3 is 0 Å². The molecular formula is C11H14ClNO. The van der Waals surface area contributed by atoms with E-state index in [0.717, 1.165) is 24.3 Å². The summed E-state index contributed by atoms with van der Waals surface area (Å²) in [5.74, 6) is 1.13. The van der Waals surface area contributed by atoms with Gasteiger partial charge in [0.25, 0.3) is 0 Å². The SMILES string of the molecule is CC(C)c1nccc(Cl)c1OC1CC1.